The van der Waals surface area contributed by atoms with Crippen LogP contribution in [0.3, 0.4) is 0 Å². The smallest absolute Gasteiger partial charge is 0.347 e. The van der Waals surface area contributed by atoms with E-state index in [1.807, 2.05) is 13.8 Å². The predicted octanol–water partition coefficient (Wildman–Crippen LogP) is 2.73. The highest BCUT2D eigenvalue weighted by atomic mass is 16.4. The Morgan fingerprint density at radius 1 is 1.33 bits per heavy atom. The van der Waals surface area contributed by atoms with Gasteiger partial charge < -0.3 is 9.52 Å². The number of ketones is 1. The maximum absolute atomic E-state index is 11.9. The summed E-state index contributed by atoms with van der Waals surface area (Å²) in [6.07, 6.45) is 0.314. The quantitative estimate of drug-likeness (QED) is 0.668. The van der Waals surface area contributed by atoms with Crippen molar-refractivity contribution < 1.29 is 14.3 Å². The minimum absolute atomic E-state index is 0.0203. The van der Waals surface area contributed by atoms with Crippen LogP contribution in [0.15, 0.2) is 33.5 Å². The highest BCUT2D eigenvalue weighted by Crippen LogP contribution is 2.20. The molecule has 2 rings (SSSR count). The third kappa shape index (κ3) is 2.42. The topological polar surface area (TPSA) is 67.5 Å². The molecule has 18 heavy (non-hydrogen) atoms. The second kappa shape index (κ2) is 4.64. The molecule has 1 aromatic heterocycles. The van der Waals surface area contributed by atoms with E-state index in [9.17, 15) is 14.7 Å². The van der Waals surface area contributed by atoms with Crippen molar-refractivity contribution in [3.05, 3.63) is 40.2 Å². The van der Waals surface area contributed by atoms with Crippen molar-refractivity contribution in [2.45, 2.75) is 20.3 Å². The van der Waals surface area contributed by atoms with Gasteiger partial charge in [0.25, 0.3) is 0 Å². The number of benzene rings is 1. The SMILES string of the molecule is CC(C)CC(=O)c1cc2ccc(O)cc2oc1=O. The molecule has 0 aliphatic rings. The molecule has 0 spiro atoms. The number of hydrogen-bond donors (Lipinski definition) is 1. The number of hydrogen-bond acceptors (Lipinski definition) is 4. The molecule has 1 N–H and O–H groups in total. The van der Waals surface area contributed by atoms with Crippen LogP contribution in [0.2, 0.25) is 0 Å². The van der Waals surface area contributed by atoms with Crippen LogP contribution in [-0.2, 0) is 0 Å². The summed E-state index contributed by atoms with van der Waals surface area (Å²) in [7, 11) is 0. The molecule has 0 saturated carbocycles. The molecule has 4 nitrogen and oxygen atoms in total. The summed E-state index contributed by atoms with van der Waals surface area (Å²) >= 11 is 0. The van der Waals surface area contributed by atoms with Gasteiger partial charge in [-0.25, -0.2) is 4.79 Å². The summed E-state index contributed by atoms with van der Waals surface area (Å²) in [4.78, 5) is 23.6. The third-order valence-electron chi connectivity index (χ3n) is 2.61. The maximum atomic E-state index is 11.9. The van der Waals surface area contributed by atoms with E-state index in [0.717, 1.165) is 0 Å². The lowest BCUT2D eigenvalue weighted by Gasteiger charge is -2.04. The fourth-order valence-electron chi connectivity index (χ4n) is 1.78. The Hall–Kier alpha value is -2.10. The van der Waals surface area contributed by atoms with E-state index in [-0.39, 0.29) is 28.6 Å². The zero-order valence-electron chi connectivity index (χ0n) is 10.3. The van der Waals surface area contributed by atoms with Gasteiger partial charge in [0, 0.05) is 17.9 Å². The average molecular weight is 246 g/mol. The van der Waals surface area contributed by atoms with E-state index in [4.69, 9.17) is 4.42 Å². The first kappa shape index (κ1) is 12.4. The number of phenols is 1. The molecule has 1 heterocycles. The first-order valence-electron chi connectivity index (χ1n) is 5.77. The Labute approximate surface area is 104 Å². The molecule has 2 aromatic rings. The van der Waals surface area contributed by atoms with Gasteiger partial charge in [-0.05, 0) is 24.1 Å². The van der Waals surface area contributed by atoms with Crippen LogP contribution in [0.25, 0.3) is 11.0 Å². The molecule has 4 heteroatoms. The van der Waals surface area contributed by atoms with Gasteiger partial charge >= 0.3 is 5.63 Å². The van der Waals surface area contributed by atoms with Crippen LogP contribution in [0.4, 0.5) is 0 Å². The Morgan fingerprint density at radius 2 is 2.06 bits per heavy atom. The van der Waals surface area contributed by atoms with Gasteiger partial charge in [-0.2, -0.15) is 0 Å². The summed E-state index contributed by atoms with van der Waals surface area (Å²) in [6.45, 7) is 3.83. The van der Waals surface area contributed by atoms with Crippen LogP contribution >= 0.6 is 0 Å². The molecule has 94 valence electrons. The zero-order chi connectivity index (χ0) is 13.3. The molecule has 1 aromatic carbocycles. The van der Waals surface area contributed by atoms with Gasteiger partial charge in [-0.15, -0.1) is 0 Å². The molecular weight excluding hydrogens is 232 g/mol. The minimum Gasteiger partial charge on any atom is -0.508 e. The summed E-state index contributed by atoms with van der Waals surface area (Å²) in [5.74, 6) is -0.00644. The van der Waals surface area contributed by atoms with Crippen LogP contribution in [0, 0.1) is 5.92 Å². The monoisotopic (exact) mass is 246 g/mol. The molecule has 0 saturated heterocycles. The number of rotatable bonds is 3. The fraction of sp³-hybridized carbons (Fsp3) is 0.286. The normalized spacial score (nSPS) is 11.1. The van der Waals surface area contributed by atoms with Crippen molar-refractivity contribution in [1.82, 2.24) is 0 Å². The van der Waals surface area contributed by atoms with E-state index in [0.29, 0.717) is 11.8 Å². The number of carbonyl (C=O) groups excluding carboxylic acids is 1. The Kier molecular flexibility index (Phi) is 3.19. The molecule has 0 bridgehead atoms. The van der Waals surface area contributed by atoms with Gasteiger partial charge in [0.2, 0.25) is 0 Å². The summed E-state index contributed by atoms with van der Waals surface area (Å²) in [5.41, 5.74) is -0.304. The van der Waals surface area contributed by atoms with Gasteiger partial charge in [-0.3, -0.25) is 4.79 Å². The lowest BCUT2D eigenvalue weighted by atomic mass is 10.0. The lowest BCUT2D eigenvalue weighted by molar-refractivity contribution is 0.0964. The summed E-state index contributed by atoms with van der Waals surface area (Å²) < 4.78 is 5.04. The number of aromatic hydroxyl groups is 1. The molecule has 0 aliphatic heterocycles. The van der Waals surface area contributed by atoms with E-state index in [1.54, 1.807) is 6.07 Å². The number of phenolic OH excluding ortho intramolecular Hbond substituents is 1. The van der Waals surface area contributed by atoms with E-state index >= 15 is 0 Å². The Morgan fingerprint density at radius 3 is 2.72 bits per heavy atom. The van der Waals surface area contributed by atoms with Crippen molar-refractivity contribution in [1.29, 1.82) is 0 Å². The van der Waals surface area contributed by atoms with Crippen molar-refractivity contribution >= 4 is 16.8 Å². The molecule has 0 radical (unpaired) electrons. The standard InChI is InChI=1S/C14H14O4/c1-8(2)5-12(16)11-6-9-3-4-10(15)7-13(9)18-14(11)17/h3-4,6-8,15H,5H2,1-2H3. The molecule has 0 fully saturated rings. The van der Waals surface area contributed by atoms with Gasteiger partial charge in [-0.1, -0.05) is 13.8 Å². The maximum Gasteiger partial charge on any atom is 0.347 e. The first-order valence-corrected chi connectivity index (χ1v) is 5.77. The van der Waals surface area contributed by atoms with E-state index in [2.05, 4.69) is 0 Å². The van der Waals surface area contributed by atoms with Crippen molar-refractivity contribution in [2.24, 2.45) is 5.92 Å². The molecule has 0 atom stereocenters. The highest BCUT2D eigenvalue weighted by molar-refractivity contribution is 5.98. The summed E-state index contributed by atoms with van der Waals surface area (Å²) in [5, 5.41) is 9.91. The van der Waals surface area contributed by atoms with Gasteiger partial charge in [0.05, 0.1) is 0 Å². The Balaban J connectivity index is 2.53. The van der Waals surface area contributed by atoms with Crippen LogP contribution < -0.4 is 5.63 Å². The van der Waals surface area contributed by atoms with E-state index in [1.165, 1.54) is 18.2 Å². The van der Waals surface area contributed by atoms with Crippen LogP contribution in [0.1, 0.15) is 30.6 Å². The number of Topliss-reactive ketones (excluding diaryl/α,β-unsaturated/α-hetero) is 1. The fourth-order valence-corrected chi connectivity index (χ4v) is 1.78. The van der Waals surface area contributed by atoms with Gasteiger partial charge in [0.15, 0.2) is 5.78 Å². The zero-order valence-corrected chi connectivity index (χ0v) is 10.3. The van der Waals surface area contributed by atoms with Crippen LogP contribution in [-0.4, -0.2) is 10.9 Å². The number of carbonyl (C=O) groups is 1. The van der Waals surface area contributed by atoms with E-state index < -0.39 is 5.63 Å². The van der Waals surface area contributed by atoms with Crippen LogP contribution in [0.5, 0.6) is 5.75 Å². The Bertz CT molecular complexity index is 652. The van der Waals surface area contributed by atoms with Crippen molar-refractivity contribution in [3.63, 3.8) is 0 Å². The third-order valence-corrected chi connectivity index (χ3v) is 2.61. The molecule has 0 amide bonds. The number of fused-ring (bicyclic) bond motifs is 1. The van der Waals surface area contributed by atoms with Crippen molar-refractivity contribution in [2.75, 3.05) is 0 Å². The second-order valence-corrected chi connectivity index (χ2v) is 4.69. The molecular formula is C14H14O4. The average Bonchev–Trinajstić information content (AvgIpc) is 2.26. The summed E-state index contributed by atoms with van der Waals surface area (Å²) in [6, 6.07) is 5.97. The van der Waals surface area contributed by atoms with Gasteiger partial charge in [0.1, 0.15) is 16.9 Å². The largest absolute Gasteiger partial charge is 0.508 e. The molecule has 0 aliphatic carbocycles. The highest BCUT2D eigenvalue weighted by Gasteiger charge is 2.15. The first-order chi connectivity index (χ1) is 8.47. The molecule has 0 unspecified atom stereocenters. The van der Waals surface area contributed by atoms with Crippen molar-refractivity contribution in [3.8, 4) is 5.75 Å². The second-order valence-electron chi connectivity index (χ2n) is 4.69. The predicted molar refractivity (Wildman–Crippen MR) is 67.9 cm³/mol. The minimum atomic E-state index is -0.654. The lowest BCUT2D eigenvalue weighted by Crippen LogP contribution is -2.15.